The van der Waals surface area contributed by atoms with Crippen LogP contribution in [0.15, 0.2) is 190 Å². The highest BCUT2D eigenvalue weighted by Gasteiger charge is 2.51. The van der Waals surface area contributed by atoms with E-state index in [4.69, 9.17) is 0 Å². The third kappa shape index (κ3) is 5.54. The molecular formula is C60H49N. The van der Waals surface area contributed by atoms with Crippen molar-refractivity contribution in [1.82, 2.24) is 0 Å². The molecule has 0 amide bonds. The Morgan fingerprint density at radius 2 is 0.770 bits per heavy atom. The Hall–Kier alpha value is -7.22. The molecule has 0 aliphatic heterocycles. The minimum Gasteiger partial charge on any atom is -0.310 e. The molecule has 61 heavy (non-hydrogen) atoms. The summed E-state index contributed by atoms with van der Waals surface area (Å²) < 4.78 is 0. The Labute approximate surface area is 361 Å². The van der Waals surface area contributed by atoms with E-state index in [0.717, 1.165) is 33.8 Å². The van der Waals surface area contributed by atoms with Gasteiger partial charge in [0.15, 0.2) is 0 Å². The summed E-state index contributed by atoms with van der Waals surface area (Å²) in [4.78, 5) is 2.46. The standard InChI is InChI=1S/C58H43N.C2H6/c1-6-37-17-21-40(22-18-37)41-23-25-42(26-24-41)59(43-27-30-48-47-29-19-39(8-3)34-54(47)57(4,5)55(48)35-43)44-28-31-49-45-13-9-11-15-51(45)58(56(49)36-44)52-16-12-10-14-46(52)50-33-38(7-2)20-32-53(50)58;1-2/h6-36H,1-3H2,4-5H3;1-2H3. The van der Waals surface area contributed by atoms with Gasteiger partial charge in [-0.3, -0.25) is 0 Å². The average Bonchev–Trinajstić information content (AvgIpc) is 3.87. The molecule has 1 unspecified atom stereocenters. The first-order chi connectivity index (χ1) is 29.8. The van der Waals surface area contributed by atoms with Crippen molar-refractivity contribution in [2.24, 2.45) is 0 Å². The van der Waals surface area contributed by atoms with E-state index >= 15 is 0 Å². The van der Waals surface area contributed by atoms with Crippen LogP contribution in [0, 0.1) is 0 Å². The Morgan fingerprint density at radius 3 is 1.38 bits per heavy atom. The highest BCUT2D eigenvalue weighted by molar-refractivity contribution is 5.97. The zero-order chi connectivity index (χ0) is 42.0. The summed E-state index contributed by atoms with van der Waals surface area (Å²) in [6.45, 7) is 20.9. The molecule has 0 saturated heterocycles. The maximum absolute atomic E-state index is 4.13. The van der Waals surface area contributed by atoms with Gasteiger partial charge in [0.05, 0.1) is 5.41 Å². The molecule has 0 fully saturated rings. The van der Waals surface area contributed by atoms with Gasteiger partial charge in [-0.25, -0.2) is 0 Å². The second kappa shape index (κ2) is 14.5. The summed E-state index contributed by atoms with van der Waals surface area (Å²) in [5.74, 6) is 0. The van der Waals surface area contributed by atoms with Crippen LogP contribution in [0.2, 0.25) is 0 Å². The highest BCUT2D eigenvalue weighted by Crippen LogP contribution is 2.63. The number of anilines is 3. The lowest BCUT2D eigenvalue weighted by atomic mass is 9.70. The first kappa shape index (κ1) is 38.0. The van der Waals surface area contributed by atoms with Crippen molar-refractivity contribution in [3.63, 3.8) is 0 Å². The van der Waals surface area contributed by atoms with Gasteiger partial charge in [0.1, 0.15) is 0 Å². The fraction of sp³-hybridized carbons (Fsp3) is 0.100. The molecule has 1 heteroatoms. The van der Waals surface area contributed by atoms with Crippen LogP contribution in [0.5, 0.6) is 0 Å². The Balaban J connectivity index is 0.00000220. The molecule has 3 aliphatic rings. The maximum Gasteiger partial charge on any atom is 0.0726 e. The van der Waals surface area contributed by atoms with Gasteiger partial charge in [-0.15, -0.1) is 0 Å². The van der Waals surface area contributed by atoms with Crippen LogP contribution >= 0.6 is 0 Å². The van der Waals surface area contributed by atoms with Crippen molar-refractivity contribution in [3.05, 3.63) is 240 Å². The predicted molar refractivity (Wildman–Crippen MR) is 262 cm³/mol. The van der Waals surface area contributed by atoms with Crippen molar-refractivity contribution < 1.29 is 0 Å². The first-order valence-electron chi connectivity index (χ1n) is 21.5. The van der Waals surface area contributed by atoms with Crippen LogP contribution in [-0.4, -0.2) is 0 Å². The Bertz CT molecular complexity index is 3070. The Kier molecular flexibility index (Phi) is 9.04. The third-order valence-corrected chi connectivity index (χ3v) is 13.4. The van der Waals surface area contributed by atoms with Crippen LogP contribution < -0.4 is 4.90 Å². The van der Waals surface area contributed by atoms with Gasteiger partial charge < -0.3 is 4.90 Å². The monoisotopic (exact) mass is 783 g/mol. The van der Waals surface area contributed by atoms with Crippen LogP contribution in [-0.2, 0) is 10.8 Å². The number of benzene rings is 8. The lowest BCUT2D eigenvalue weighted by molar-refractivity contribution is 0.660. The van der Waals surface area contributed by atoms with E-state index in [9.17, 15) is 0 Å². The maximum atomic E-state index is 4.13. The molecule has 0 aromatic heterocycles. The first-order valence-corrected chi connectivity index (χ1v) is 21.5. The number of nitrogens with zero attached hydrogens (tertiary/aromatic N) is 1. The molecule has 1 atom stereocenters. The topological polar surface area (TPSA) is 3.24 Å². The van der Waals surface area contributed by atoms with Crippen molar-refractivity contribution in [1.29, 1.82) is 0 Å². The van der Waals surface area contributed by atoms with E-state index in [0.29, 0.717) is 0 Å². The van der Waals surface area contributed by atoms with Gasteiger partial charge in [-0.1, -0.05) is 193 Å². The molecule has 8 aromatic rings. The van der Waals surface area contributed by atoms with Crippen molar-refractivity contribution >= 4 is 35.3 Å². The van der Waals surface area contributed by atoms with Crippen LogP contribution in [0.3, 0.4) is 0 Å². The minimum absolute atomic E-state index is 0.183. The van der Waals surface area contributed by atoms with E-state index in [-0.39, 0.29) is 5.41 Å². The smallest absolute Gasteiger partial charge is 0.0726 e. The van der Waals surface area contributed by atoms with Gasteiger partial charge in [-0.05, 0) is 137 Å². The molecule has 0 heterocycles. The summed E-state index contributed by atoms with van der Waals surface area (Å²) >= 11 is 0. The summed E-state index contributed by atoms with van der Waals surface area (Å²) in [6, 6.07) is 63.6. The van der Waals surface area contributed by atoms with Crippen molar-refractivity contribution in [3.8, 4) is 44.5 Å². The molecule has 3 aliphatic carbocycles. The molecule has 8 aromatic carbocycles. The number of hydrogen-bond acceptors (Lipinski definition) is 1. The van der Waals surface area contributed by atoms with E-state index in [1.54, 1.807) is 0 Å². The zero-order valence-electron chi connectivity index (χ0n) is 35.5. The molecule has 11 rings (SSSR count). The second-order valence-corrected chi connectivity index (χ2v) is 16.7. The molecule has 294 valence electrons. The van der Waals surface area contributed by atoms with Crippen LogP contribution in [0.4, 0.5) is 17.1 Å². The third-order valence-electron chi connectivity index (χ3n) is 13.4. The molecule has 1 nitrogen and oxygen atoms in total. The number of hydrogen-bond donors (Lipinski definition) is 0. The summed E-state index contributed by atoms with van der Waals surface area (Å²) in [5, 5.41) is 0. The van der Waals surface area contributed by atoms with E-state index in [2.05, 4.69) is 208 Å². The number of fused-ring (bicyclic) bond motifs is 13. The van der Waals surface area contributed by atoms with Crippen LogP contribution in [0.1, 0.15) is 77.8 Å². The fourth-order valence-corrected chi connectivity index (χ4v) is 10.5. The van der Waals surface area contributed by atoms with E-state index < -0.39 is 5.41 Å². The fourth-order valence-electron chi connectivity index (χ4n) is 10.5. The second-order valence-electron chi connectivity index (χ2n) is 16.7. The van der Waals surface area contributed by atoms with Crippen molar-refractivity contribution in [2.75, 3.05) is 4.90 Å². The van der Waals surface area contributed by atoms with Gasteiger partial charge >= 0.3 is 0 Å². The summed E-state index contributed by atoms with van der Waals surface area (Å²) in [7, 11) is 0. The lowest BCUT2D eigenvalue weighted by Gasteiger charge is -2.32. The lowest BCUT2D eigenvalue weighted by Crippen LogP contribution is -2.26. The van der Waals surface area contributed by atoms with E-state index in [1.807, 2.05) is 32.1 Å². The summed E-state index contributed by atoms with van der Waals surface area (Å²) in [6.07, 6.45) is 5.79. The summed E-state index contributed by atoms with van der Waals surface area (Å²) in [5.41, 5.74) is 24.1. The van der Waals surface area contributed by atoms with Gasteiger partial charge in [0.2, 0.25) is 0 Å². The molecular weight excluding hydrogens is 735 g/mol. The molecule has 0 radical (unpaired) electrons. The SMILES string of the molecule is C=Cc1ccc(-c2ccc(N(c3ccc4c(c3)C(C)(C)c3cc(C=C)ccc3-4)c3ccc4c(c3)C3(c5ccccc5-c5cc(C=C)ccc53)c3ccccc3-4)cc2)cc1.CC. The number of rotatable bonds is 7. The normalized spacial score (nSPS) is 15.3. The minimum atomic E-state index is -0.467. The Morgan fingerprint density at radius 1 is 0.361 bits per heavy atom. The van der Waals surface area contributed by atoms with Crippen LogP contribution in [0.25, 0.3) is 62.7 Å². The molecule has 0 N–H and O–H groups in total. The highest BCUT2D eigenvalue weighted by atomic mass is 15.1. The zero-order valence-corrected chi connectivity index (χ0v) is 35.5. The quantitative estimate of drug-likeness (QED) is 0.156. The van der Waals surface area contributed by atoms with Gasteiger partial charge in [-0.2, -0.15) is 0 Å². The van der Waals surface area contributed by atoms with E-state index in [1.165, 1.54) is 77.9 Å². The van der Waals surface area contributed by atoms with Crippen molar-refractivity contribution in [2.45, 2.75) is 38.5 Å². The molecule has 0 bridgehead atoms. The molecule has 0 saturated carbocycles. The van der Waals surface area contributed by atoms with Gasteiger partial charge in [0.25, 0.3) is 0 Å². The average molecular weight is 784 g/mol. The predicted octanol–water partition coefficient (Wildman–Crippen LogP) is 16.4. The van der Waals surface area contributed by atoms with Gasteiger partial charge in [0, 0.05) is 22.5 Å². The largest absolute Gasteiger partial charge is 0.310 e. The molecule has 1 spiro atoms.